The summed E-state index contributed by atoms with van der Waals surface area (Å²) in [6.07, 6.45) is 1.83. The molecule has 1 aromatic rings. The van der Waals surface area contributed by atoms with Gasteiger partial charge in [0, 0.05) is 25.7 Å². The van der Waals surface area contributed by atoms with Crippen molar-refractivity contribution in [3.63, 3.8) is 0 Å². The first-order chi connectivity index (χ1) is 9.59. The molecule has 0 spiro atoms. The molecule has 3 rings (SSSR count). The Labute approximate surface area is 120 Å². The number of aryl methyl sites for hydroxylation is 1. The van der Waals surface area contributed by atoms with Gasteiger partial charge in [0.05, 0.1) is 11.5 Å². The van der Waals surface area contributed by atoms with Gasteiger partial charge < -0.3 is 10.1 Å². The monoisotopic (exact) mass is 296 g/mol. The quantitative estimate of drug-likeness (QED) is 0.884. The van der Waals surface area contributed by atoms with Crippen LogP contribution in [0, 0.1) is 0 Å². The van der Waals surface area contributed by atoms with Crippen LogP contribution in [0.2, 0.25) is 0 Å². The Morgan fingerprint density at radius 1 is 1.40 bits per heavy atom. The third-order valence-electron chi connectivity index (χ3n) is 3.93. The Hall–Kier alpha value is -1.11. The van der Waals surface area contributed by atoms with E-state index in [9.17, 15) is 8.42 Å². The molecule has 6 heteroatoms. The van der Waals surface area contributed by atoms with Crippen LogP contribution in [0.25, 0.3) is 0 Å². The Kier molecular flexibility index (Phi) is 3.70. The molecule has 0 saturated carbocycles. The van der Waals surface area contributed by atoms with Crippen molar-refractivity contribution in [2.45, 2.75) is 30.7 Å². The number of hydrogen-bond donors (Lipinski definition) is 1. The van der Waals surface area contributed by atoms with Crippen molar-refractivity contribution in [1.29, 1.82) is 0 Å². The van der Waals surface area contributed by atoms with Crippen molar-refractivity contribution < 1.29 is 13.2 Å². The smallest absolute Gasteiger partial charge is 0.243 e. The number of sulfonamides is 1. The van der Waals surface area contributed by atoms with Crippen molar-refractivity contribution >= 4 is 10.0 Å². The van der Waals surface area contributed by atoms with Crippen molar-refractivity contribution in [1.82, 2.24) is 9.62 Å². The van der Waals surface area contributed by atoms with Gasteiger partial charge in [-0.15, -0.1) is 0 Å². The van der Waals surface area contributed by atoms with Crippen LogP contribution in [-0.2, 0) is 16.4 Å². The van der Waals surface area contributed by atoms with Gasteiger partial charge >= 0.3 is 0 Å². The first-order valence-corrected chi connectivity index (χ1v) is 8.51. The molecule has 2 aliphatic heterocycles. The predicted octanol–water partition coefficient (Wildman–Crippen LogP) is 0.994. The predicted molar refractivity (Wildman–Crippen MR) is 76.5 cm³/mol. The lowest BCUT2D eigenvalue weighted by atomic mass is 10.1. The van der Waals surface area contributed by atoms with Crippen LogP contribution < -0.4 is 10.1 Å². The number of fused-ring (bicyclic) bond motifs is 1. The van der Waals surface area contributed by atoms with Crippen LogP contribution >= 0.6 is 0 Å². The average Bonchev–Trinajstić information content (AvgIpc) is 2.47. The molecule has 5 nitrogen and oxygen atoms in total. The van der Waals surface area contributed by atoms with Crippen LogP contribution in [0.1, 0.15) is 18.9 Å². The summed E-state index contributed by atoms with van der Waals surface area (Å²) < 4.78 is 32.6. The molecule has 0 bridgehead atoms. The van der Waals surface area contributed by atoms with Crippen molar-refractivity contribution in [2.75, 3.05) is 26.2 Å². The van der Waals surface area contributed by atoms with Gasteiger partial charge in [-0.3, -0.25) is 0 Å². The minimum atomic E-state index is -3.41. The molecule has 0 amide bonds. The van der Waals surface area contributed by atoms with E-state index in [1.165, 1.54) is 0 Å². The van der Waals surface area contributed by atoms with Crippen molar-refractivity contribution in [3.05, 3.63) is 23.8 Å². The number of ether oxygens (including phenoxy) is 1. The van der Waals surface area contributed by atoms with Gasteiger partial charge in [-0.25, -0.2) is 8.42 Å². The molecule has 1 unspecified atom stereocenters. The highest BCUT2D eigenvalue weighted by Crippen LogP contribution is 2.29. The molecule has 0 radical (unpaired) electrons. The molecule has 110 valence electrons. The van der Waals surface area contributed by atoms with Gasteiger partial charge in [0.2, 0.25) is 10.0 Å². The second-order valence-corrected chi connectivity index (χ2v) is 7.28. The van der Waals surface area contributed by atoms with Crippen LogP contribution in [0.4, 0.5) is 0 Å². The third kappa shape index (κ3) is 2.43. The zero-order valence-electron chi connectivity index (χ0n) is 11.6. The van der Waals surface area contributed by atoms with Crippen LogP contribution in [0.3, 0.4) is 0 Å². The molecule has 0 aromatic heterocycles. The van der Waals surface area contributed by atoms with E-state index in [0.717, 1.165) is 24.2 Å². The van der Waals surface area contributed by atoms with Gasteiger partial charge in [-0.05, 0) is 43.5 Å². The summed E-state index contributed by atoms with van der Waals surface area (Å²) in [6.45, 7) is 4.58. The van der Waals surface area contributed by atoms with Gasteiger partial charge in [-0.2, -0.15) is 4.31 Å². The number of benzene rings is 1. The molecule has 2 aliphatic rings. The first-order valence-electron chi connectivity index (χ1n) is 7.07. The molecule has 2 heterocycles. The Morgan fingerprint density at radius 3 is 3.05 bits per heavy atom. The number of hydrogen-bond acceptors (Lipinski definition) is 4. The topological polar surface area (TPSA) is 58.6 Å². The first kappa shape index (κ1) is 13.9. The van der Waals surface area contributed by atoms with Gasteiger partial charge in [0.25, 0.3) is 0 Å². The molecule has 1 fully saturated rings. The van der Waals surface area contributed by atoms with Crippen LogP contribution in [-0.4, -0.2) is 45.0 Å². The molecule has 1 saturated heterocycles. The summed E-state index contributed by atoms with van der Waals surface area (Å²) in [4.78, 5) is 0.385. The Morgan fingerprint density at radius 2 is 2.25 bits per heavy atom. The summed E-state index contributed by atoms with van der Waals surface area (Å²) >= 11 is 0. The Bertz CT molecular complexity index is 600. The van der Waals surface area contributed by atoms with E-state index >= 15 is 0 Å². The largest absolute Gasteiger partial charge is 0.493 e. The number of rotatable bonds is 2. The van der Waals surface area contributed by atoms with E-state index in [0.29, 0.717) is 31.1 Å². The van der Waals surface area contributed by atoms with E-state index in [4.69, 9.17) is 4.74 Å². The second kappa shape index (κ2) is 5.35. The standard InChI is InChI=1S/C14H20N2O3S/c1-11-10-15-6-7-16(11)20(17,18)13-4-5-14-12(9-13)3-2-8-19-14/h4-5,9,11,15H,2-3,6-8,10H2,1H3. The highest BCUT2D eigenvalue weighted by molar-refractivity contribution is 7.89. The van der Waals surface area contributed by atoms with Gasteiger partial charge in [0.1, 0.15) is 5.75 Å². The molecule has 1 aromatic carbocycles. The fraction of sp³-hybridized carbons (Fsp3) is 0.571. The summed E-state index contributed by atoms with van der Waals surface area (Å²) in [5.74, 6) is 0.823. The van der Waals surface area contributed by atoms with E-state index in [1.54, 1.807) is 22.5 Å². The SMILES string of the molecule is CC1CNCCN1S(=O)(=O)c1ccc2c(c1)CCCO2. The number of nitrogens with zero attached hydrogens (tertiary/aromatic N) is 1. The maximum Gasteiger partial charge on any atom is 0.243 e. The summed E-state index contributed by atoms with van der Waals surface area (Å²) in [7, 11) is -3.41. The zero-order chi connectivity index (χ0) is 14.2. The maximum atomic E-state index is 12.7. The molecule has 20 heavy (non-hydrogen) atoms. The molecular formula is C14H20N2O3S. The summed E-state index contributed by atoms with van der Waals surface area (Å²) in [6, 6.07) is 5.21. The highest BCUT2D eigenvalue weighted by Gasteiger charge is 2.31. The van der Waals surface area contributed by atoms with Gasteiger partial charge in [0.15, 0.2) is 0 Å². The van der Waals surface area contributed by atoms with E-state index < -0.39 is 10.0 Å². The lowest BCUT2D eigenvalue weighted by Gasteiger charge is -2.33. The van der Waals surface area contributed by atoms with Crippen LogP contribution in [0.5, 0.6) is 5.75 Å². The molecular weight excluding hydrogens is 276 g/mol. The summed E-state index contributed by atoms with van der Waals surface area (Å²) in [5.41, 5.74) is 1.00. The fourth-order valence-corrected chi connectivity index (χ4v) is 4.49. The number of piperazine rings is 1. The lowest BCUT2D eigenvalue weighted by molar-refractivity contribution is 0.282. The highest BCUT2D eigenvalue weighted by atomic mass is 32.2. The molecule has 0 aliphatic carbocycles. The molecule has 1 atom stereocenters. The zero-order valence-corrected chi connectivity index (χ0v) is 12.4. The summed E-state index contributed by atoms with van der Waals surface area (Å²) in [5, 5.41) is 3.21. The normalized spacial score (nSPS) is 23.9. The fourth-order valence-electron chi connectivity index (χ4n) is 2.81. The third-order valence-corrected chi connectivity index (χ3v) is 5.94. The minimum Gasteiger partial charge on any atom is -0.493 e. The van der Waals surface area contributed by atoms with Crippen molar-refractivity contribution in [3.8, 4) is 5.75 Å². The van der Waals surface area contributed by atoms with E-state index in [2.05, 4.69) is 5.32 Å². The molecule has 1 N–H and O–H groups in total. The Balaban J connectivity index is 1.94. The van der Waals surface area contributed by atoms with Crippen molar-refractivity contribution in [2.24, 2.45) is 0 Å². The second-order valence-electron chi connectivity index (χ2n) is 5.39. The van der Waals surface area contributed by atoms with E-state index in [1.807, 2.05) is 6.92 Å². The number of nitrogens with one attached hydrogen (secondary N) is 1. The average molecular weight is 296 g/mol. The van der Waals surface area contributed by atoms with Gasteiger partial charge in [-0.1, -0.05) is 0 Å². The lowest BCUT2D eigenvalue weighted by Crippen LogP contribution is -2.52. The minimum absolute atomic E-state index is 0.0129. The van der Waals surface area contributed by atoms with Crippen LogP contribution in [0.15, 0.2) is 23.1 Å². The van der Waals surface area contributed by atoms with E-state index in [-0.39, 0.29) is 6.04 Å². The maximum absolute atomic E-state index is 12.7.